The van der Waals surface area contributed by atoms with Crippen molar-refractivity contribution in [3.63, 3.8) is 0 Å². The van der Waals surface area contributed by atoms with Crippen molar-refractivity contribution in [1.29, 1.82) is 0 Å². The van der Waals surface area contributed by atoms with E-state index in [0.29, 0.717) is 6.42 Å². The number of cyclic esters (lactones) is 1. The Morgan fingerprint density at radius 2 is 1.45 bits per heavy atom. The molecule has 3 saturated heterocycles. The minimum absolute atomic E-state index is 0.0336. The van der Waals surface area contributed by atoms with Crippen LogP contribution in [0.2, 0.25) is 0 Å². The van der Waals surface area contributed by atoms with Gasteiger partial charge in [0.1, 0.15) is 42.6 Å². The van der Waals surface area contributed by atoms with Gasteiger partial charge in [0.05, 0.1) is 55.7 Å². The molecule has 0 aromatic carbocycles. The number of methoxy groups -OCH3 is 2. The molecule has 0 amide bonds. The van der Waals surface area contributed by atoms with Crippen LogP contribution in [0.3, 0.4) is 0 Å². The average Bonchev–Trinajstić information content (AvgIpc) is 3.13. The van der Waals surface area contributed by atoms with Gasteiger partial charge in [-0.1, -0.05) is 27.7 Å². The van der Waals surface area contributed by atoms with Gasteiger partial charge in [0.15, 0.2) is 12.6 Å². The molecule has 55 heavy (non-hydrogen) atoms. The van der Waals surface area contributed by atoms with Crippen molar-refractivity contribution < 1.29 is 73.1 Å². The molecule has 0 radical (unpaired) electrons. The first kappa shape index (κ1) is 47.7. The van der Waals surface area contributed by atoms with Gasteiger partial charge in [-0.2, -0.15) is 0 Å². The maximum atomic E-state index is 13.6. The fourth-order valence-corrected chi connectivity index (χ4v) is 8.38. The summed E-state index contributed by atoms with van der Waals surface area (Å²) < 4.78 is 41.6. The quantitative estimate of drug-likeness (QED) is 0.145. The lowest BCUT2D eigenvalue weighted by Gasteiger charge is -2.46. The van der Waals surface area contributed by atoms with Crippen molar-refractivity contribution in [1.82, 2.24) is 4.90 Å². The summed E-state index contributed by atoms with van der Waals surface area (Å²) in [5, 5.41) is 56.1. The lowest BCUT2D eigenvalue weighted by Crippen LogP contribution is -2.63. The van der Waals surface area contributed by atoms with Crippen molar-refractivity contribution in [3.05, 3.63) is 0 Å². The third kappa shape index (κ3) is 11.9. The number of carbonyl (C=O) groups is 3. The second-order valence-corrected chi connectivity index (χ2v) is 16.2. The summed E-state index contributed by atoms with van der Waals surface area (Å²) in [6.45, 7) is 10.2. The number of likely N-dealkylation sites (N-methyl/N-ethyl adjacent to an activating group) is 1. The molecule has 3 aliphatic rings. The number of hydrogen-bond donors (Lipinski definition) is 5. The summed E-state index contributed by atoms with van der Waals surface area (Å²) >= 11 is 0. The molecule has 0 aromatic heterocycles. The molecule has 16 heteroatoms. The highest BCUT2D eigenvalue weighted by atomic mass is 16.7. The van der Waals surface area contributed by atoms with E-state index in [1.807, 2.05) is 0 Å². The Labute approximate surface area is 326 Å². The molecule has 320 valence electrons. The van der Waals surface area contributed by atoms with Crippen LogP contribution in [0.1, 0.15) is 80.1 Å². The lowest BCUT2D eigenvalue weighted by atomic mass is 9.78. The van der Waals surface area contributed by atoms with E-state index in [2.05, 4.69) is 0 Å². The summed E-state index contributed by atoms with van der Waals surface area (Å²) in [5.41, 5.74) is 0. The van der Waals surface area contributed by atoms with Crippen LogP contribution in [-0.2, 0) is 47.5 Å². The second-order valence-electron chi connectivity index (χ2n) is 16.2. The molecular weight excluding hydrogens is 722 g/mol. The Morgan fingerprint density at radius 3 is 2.04 bits per heavy atom. The highest BCUT2D eigenvalue weighted by Gasteiger charge is 2.48. The smallest absolute Gasteiger partial charge is 0.308 e. The fraction of sp³-hybridized carbons (Fsp3) is 0.923. The summed E-state index contributed by atoms with van der Waals surface area (Å²) in [4.78, 5) is 41.0. The number of nitrogens with zero attached hydrogens (tertiary/aromatic N) is 1. The van der Waals surface area contributed by atoms with Crippen molar-refractivity contribution in [3.8, 4) is 0 Å². The van der Waals surface area contributed by atoms with Crippen LogP contribution in [0.4, 0.5) is 0 Å². The molecule has 0 saturated carbocycles. The third-order valence-electron chi connectivity index (χ3n) is 12.1. The number of aliphatic hydroxyl groups is 5. The Morgan fingerprint density at radius 1 is 0.836 bits per heavy atom. The topological polar surface area (TPSA) is 220 Å². The zero-order valence-corrected chi connectivity index (χ0v) is 34.3. The molecular formula is C39H69NO15. The molecule has 3 rings (SSSR count). The van der Waals surface area contributed by atoms with Crippen LogP contribution in [0.15, 0.2) is 0 Å². The van der Waals surface area contributed by atoms with E-state index in [4.69, 9.17) is 33.2 Å². The SMILES string of the molecule is CCC1OC(=O)C[C@@H](O)[C@H](C)C(O[C@@H]2O[C@H](C)[C@@H](O)[C@H](N(C)C)[C@H]2O)[C@@H](CC=O)C[C@@H](C)C(=O)CCC(C)[C@H](O)[C@@H]1CO[C@@H]1O[C@H](C)[C@@H](O)[C@@H](OC)[C@H]1OC. The van der Waals surface area contributed by atoms with Gasteiger partial charge in [-0.15, -0.1) is 0 Å². The van der Waals surface area contributed by atoms with Gasteiger partial charge in [0, 0.05) is 44.8 Å². The van der Waals surface area contributed by atoms with Crippen molar-refractivity contribution in [2.75, 3.05) is 34.9 Å². The standard InChI is InChI=1S/C39H69NO15/c1-11-28-25(18-51-39-37(50-10)36(49-9)33(47)23(6)53-39)31(45)19(2)12-13-26(42)20(3)16-24(14-15-41)35(21(4)27(43)17-29(44)54-28)55-38-34(48)30(40(7)8)32(46)22(5)52-38/h15,19-25,27-28,30-39,43,45-48H,11-14,16-18H2,1-10H3/t19?,20-,21+,22-,23-,24+,25-,27-,28?,30+,31+,32-,33-,34-,35?,36-,37-,38+,39-/m1/s1. The molecule has 0 aliphatic carbocycles. The predicted molar refractivity (Wildman–Crippen MR) is 197 cm³/mol. The van der Waals surface area contributed by atoms with Crippen molar-refractivity contribution >= 4 is 18.0 Å². The number of ketones is 1. The van der Waals surface area contributed by atoms with Gasteiger partial charge in [0.2, 0.25) is 0 Å². The van der Waals surface area contributed by atoms with E-state index in [9.17, 15) is 39.9 Å². The zero-order chi connectivity index (χ0) is 41.3. The van der Waals surface area contributed by atoms with Crippen LogP contribution in [0.25, 0.3) is 0 Å². The van der Waals surface area contributed by atoms with E-state index >= 15 is 0 Å². The molecule has 5 N–H and O–H groups in total. The highest BCUT2D eigenvalue weighted by molar-refractivity contribution is 5.80. The molecule has 0 aromatic rings. The first-order valence-corrected chi connectivity index (χ1v) is 19.8. The molecule has 19 atom stereocenters. The van der Waals surface area contributed by atoms with E-state index in [-0.39, 0.29) is 38.1 Å². The molecule has 3 heterocycles. The van der Waals surface area contributed by atoms with E-state index in [1.54, 1.807) is 60.5 Å². The van der Waals surface area contributed by atoms with Gasteiger partial charge < -0.3 is 68.4 Å². The first-order valence-electron chi connectivity index (χ1n) is 19.8. The molecule has 3 fully saturated rings. The summed E-state index contributed by atoms with van der Waals surface area (Å²) in [6, 6.07) is -0.748. The molecule has 0 bridgehead atoms. The van der Waals surface area contributed by atoms with E-state index < -0.39 is 128 Å². The second kappa shape index (κ2) is 21.9. The van der Waals surface area contributed by atoms with Crippen molar-refractivity contribution in [2.24, 2.45) is 29.6 Å². The number of aldehydes is 1. The highest BCUT2D eigenvalue weighted by Crippen LogP contribution is 2.36. The van der Waals surface area contributed by atoms with Crippen LogP contribution in [-0.4, -0.2) is 169 Å². The molecule has 0 spiro atoms. The monoisotopic (exact) mass is 791 g/mol. The molecule has 3 unspecified atom stereocenters. The minimum atomic E-state index is -1.35. The molecule has 16 nitrogen and oxygen atoms in total. The van der Waals surface area contributed by atoms with Gasteiger partial charge in [-0.25, -0.2) is 0 Å². The average molecular weight is 792 g/mol. The van der Waals surface area contributed by atoms with Crippen LogP contribution >= 0.6 is 0 Å². The van der Waals surface area contributed by atoms with Gasteiger partial charge in [-0.05, 0) is 59.0 Å². The molecule has 3 aliphatic heterocycles. The number of carbonyl (C=O) groups excluding carboxylic acids is 3. The fourth-order valence-electron chi connectivity index (χ4n) is 8.38. The number of rotatable bonds is 11. The summed E-state index contributed by atoms with van der Waals surface area (Å²) in [5.74, 6) is -4.04. The first-order chi connectivity index (χ1) is 25.9. The van der Waals surface area contributed by atoms with Crippen LogP contribution in [0, 0.1) is 29.6 Å². The number of Topliss-reactive ketones (excluding diaryl/α,β-unsaturated/α-hetero) is 1. The largest absolute Gasteiger partial charge is 0.462 e. The van der Waals surface area contributed by atoms with E-state index in [0.717, 1.165) is 6.29 Å². The van der Waals surface area contributed by atoms with Crippen LogP contribution < -0.4 is 0 Å². The van der Waals surface area contributed by atoms with Gasteiger partial charge in [0.25, 0.3) is 0 Å². The number of aliphatic hydroxyl groups excluding tert-OH is 5. The Balaban J connectivity index is 1.95. The Bertz CT molecular complexity index is 1190. The zero-order valence-electron chi connectivity index (χ0n) is 34.3. The van der Waals surface area contributed by atoms with Crippen LogP contribution in [0.5, 0.6) is 0 Å². The third-order valence-corrected chi connectivity index (χ3v) is 12.1. The Kier molecular flexibility index (Phi) is 19.0. The normalized spacial score (nSPS) is 44.6. The predicted octanol–water partition coefficient (Wildman–Crippen LogP) is 0.837. The Hall–Kier alpha value is -1.67. The van der Waals surface area contributed by atoms with Crippen molar-refractivity contribution in [2.45, 2.75) is 166 Å². The summed E-state index contributed by atoms with van der Waals surface area (Å²) in [6.07, 6.45) is -11.7. The lowest BCUT2D eigenvalue weighted by molar-refractivity contribution is -0.306. The maximum Gasteiger partial charge on any atom is 0.308 e. The number of esters is 1. The summed E-state index contributed by atoms with van der Waals surface area (Å²) in [7, 11) is 6.31. The van der Waals surface area contributed by atoms with Gasteiger partial charge >= 0.3 is 5.97 Å². The van der Waals surface area contributed by atoms with E-state index in [1.165, 1.54) is 14.2 Å². The minimum Gasteiger partial charge on any atom is -0.462 e. The number of ether oxygens (including phenoxy) is 7. The maximum absolute atomic E-state index is 13.6. The number of hydrogen-bond acceptors (Lipinski definition) is 16. The van der Waals surface area contributed by atoms with Gasteiger partial charge in [-0.3, -0.25) is 9.59 Å².